The zero-order chi connectivity index (χ0) is 27.2. The topological polar surface area (TPSA) is 143 Å². The van der Waals surface area contributed by atoms with Crippen LogP contribution in [0.3, 0.4) is 0 Å². The summed E-state index contributed by atoms with van der Waals surface area (Å²) < 4.78 is 9.46. The lowest BCUT2D eigenvalue weighted by atomic mass is 9.85. The maximum Gasteiger partial charge on any atom is 0.337 e. The van der Waals surface area contributed by atoms with Crippen molar-refractivity contribution in [2.24, 2.45) is 0 Å². The van der Waals surface area contributed by atoms with Gasteiger partial charge in [-0.3, -0.25) is 9.59 Å². The zero-order valence-electron chi connectivity index (χ0n) is 21.2. The van der Waals surface area contributed by atoms with Crippen LogP contribution in [0.25, 0.3) is 0 Å². The Morgan fingerprint density at radius 2 is 1.53 bits per heavy atom. The molecule has 0 spiro atoms. The first-order valence-corrected chi connectivity index (χ1v) is 12.4. The van der Waals surface area contributed by atoms with Gasteiger partial charge < -0.3 is 30.3 Å². The van der Waals surface area contributed by atoms with Crippen molar-refractivity contribution in [2.45, 2.75) is 50.2 Å². The number of nitrogens with zero attached hydrogens (tertiary/aromatic N) is 1. The molecule has 0 bridgehead atoms. The third-order valence-corrected chi connectivity index (χ3v) is 6.75. The van der Waals surface area contributed by atoms with E-state index in [1.165, 1.54) is 37.3 Å². The number of benzene rings is 2. The van der Waals surface area contributed by atoms with Gasteiger partial charge in [0, 0.05) is 17.4 Å². The minimum Gasteiger partial charge on any atom is -0.465 e. The van der Waals surface area contributed by atoms with E-state index in [4.69, 9.17) is 9.47 Å². The maximum absolute atomic E-state index is 13.4. The minimum atomic E-state index is -1.05. The molecule has 11 heteroatoms. The molecule has 3 atom stereocenters. The van der Waals surface area contributed by atoms with Crippen molar-refractivity contribution in [2.75, 3.05) is 24.9 Å². The summed E-state index contributed by atoms with van der Waals surface area (Å²) in [7, 11) is 2.39. The van der Waals surface area contributed by atoms with Crippen molar-refractivity contribution in [1.82, 2.24) is 10.2 Å². The molecule has 1 saturated heterocycles. The summed E-state index contributed by atoms with van der Waals surface area (Å²) in [4.78, 5) is 65.3. The van der Waals surface area contributed by atoms with Crippen molar-refractivity contribution in [3.63, 3.8) is 0 Å². The molecule has 3 N–H and O–H groups in total. The molecule has 0 radical (unpaired) electrons. The van der Waals surface area contributed by atoms with Gasteiger partial charge in [0.15, 0.2) is 0 Å². The number of hydrogen-bond acceptors (Lipinski definition) is 7. The van der Waals surface area contributed by atoms with Crippen molar-refractivity contribution >= 4 is 41.2 Å². The molecule has 1 heterocycles. The van der Waals surface area contributed by atoms with Crippen molar-refractivity contribution in [3.05, 3.63) is 59.7 Å². The van der Waals surface area contributed by atoms with Crippen LogP contribution >= 0.6 is 0 Å². The minimum absolute atomic E-state index is 0.0371. The summed E-state index contributed by atoms with van der Waals surface area (Å²) in [5, 5.41) is 8.47. The van der Waals surface area contributed by atoms with E-state index < -0.39 is 35.8 Å². The normalized spacial score (nSPS) is 20.4. The van der Waals surface area contributed by atoms with Gasteiger partial charge in [-0.15, -0.1) is 0 Å². The van der Waals surface area contributed by atoms with E-state index in [0.29, 0.717) is 12.1 Å². The van der Waals surface area contributed by atoms with Gasteiger partial charge in [-0.25, -0.2) is 14.4 Å². The Labute approximate surface area is 219 Å². The molecule has 38 heavy (non-hydrogen) atoms. The van der Waals surface area contributed by atoms with Gasteiger partial charge in [0.1, 0.15) is 6.04 Å². The molecule has 200 valence electrons. The monoisotopic (exact) mass is 522 g/mol. The molecule has 4 rings (SSSR count). The predicted molar refractivity (Wildman–Crippen MR) is 138 cm³/mol. The Bertz CT molecular complexity index is 1200. The highest BCUT2D eigenvalue weighted by Crippen LogP contribution is 2.30. The first-order chi connectivity index (χ1) is 18.3. The highest BCUT2D eigenvalue weighted by molar-refractivity contribution is 6.02. The zero-order valence-corrected chi connectivity index (χ0v) is 21.2. The fourth-order valence-corrected chi connectivity index (χ4v) is 5.00. The van der Waals surface area contributed by atoms with Crippen LogP contribution in [0.1, 0.15) is 52.8 Å². The highest BCUT2D eigenvalue weighted by atomic mass is 16.5. The standard InChI is InChI=1S/C27H30N4O7/c1-37-25(34)16-12-17(26(35)38-2)14-19(13-16)28-23(32)15-22-24(33)30-20-10-6-7-11-21(20)31(22)27(36)29-18-8-4-3-5-9-18/h3-5,8-9,12-14,20-22H,6-7,10-11,15H2,1-2H3,(H,28,32)(H,29,36)(H,30,33)/t20-,21+,22+/m0/s1. The smallest absolute Gasteiger partial charge is 0.337 e. The fourth-order valence-electron chi connectivity index (χ4n) is 5.00. The van der Waals surface area contributed by atoms with Crippen molar-refractivity contribution < 1.29 is 33.4 Å². The predicted octanol–water partition coefficient (Wildman–Crippen LogP) is 2.93. The summed E-state index contributed by atoms with van der Waals surface area (Å²) >= 11 is 0. The molecule has 1 aliphatic carbocycles. The van der Waals surface area contributed by atoms with E-state index in [2.05, 4.69) is 16.0 Å². The van der Waals surface area contributed by atoms with Gasteiger partial charge in [-0.2, -0.15) is 0 Å². The molecule has 4 amide bonds. The molecule has 1 aliphatic heterocycles. The average Bonchev–Trinajstić information content (AvgIpc) is 2.92. The molecule has 2 aliphatic rings. The number of carbonyl (C=O) groups is 5. The lowest BCUT2D eigenvalue weighted by Gasteiger charge is -2.47. The Morgan fingerprint density at radius 3 is 2.16 bits per heavy atom. The quantitative estimate of drug-likeness (QED) is 0.495. The third-order valence-electron chi connectivity index (χ3n) is 6.75. The number of methoxy groups -OCH3 is 2. The summed E-state index contributed by atoms with van der Waals surface area (Å²) in [6.45, 7) is 0. The summed E-state index contributed by atoms with van der Waals surface area (Å²) in [5.74, 6) is -2.39. The van der Waals surface area contributed by atoms with Gasteiger partial charge in [0.25, 0.3) is 0 Å². The van der Waals surface area contributed by atoms with Crippen LogP contribution in [0.2, 0.25) is 0 Å². The molecule has 1 saturated carbocycles. The average molecular weight is 523 g/mol. The summed E-state index contributed by atoms with van der Waals surface area (Å²) in [6.07, 6.45) is 2.98. The van der Waals surface area contributed by atoms with Crippen LogP contribution in [-0.4, -0.2) is 67.0 Å². The summed E-state index contributed by atoms with van der Waals surface area (Å²) in [5.41, 5.74) is 0.796. The molecule has 2 fully saturated rings. The number of amides is 4. The lowest BCUT2D eigenvalue weighted by molar-refractivity contribution is -0.135. The second-order valence-electron chi connectivity index (χ2n) is 9.22. The first-order valence-electron chi connectivity index (χ1n) is 12.4. The van der Waals surface area contributed by atoms with Gasteiger partial charge >= 0.3 is 18.0 Å². The van der Waals surface area contributed by atoms with Crippen LogP contribution in [0.4, 0.5) is 16.2 Å². The molecule has 0 aromatic heterocycles. The molecule has 11 nitrogen and oxygen atoms in total. The molecule has 0 unspecified atom stereocenters. The number of esters is 2. The van der Waals surface area contributed by atoms with E-state index in [-0.39, 0.29) is 35.3 Å². The number of hydrogen-bond donors (Lipinski definition) is 3. The van der Waals surface area contributed by atoms with Crippen molar-refractivity contribution in [3.8, 4) is 0 Å². The van der Waals surface area contributed by atoms with E-state index in [9.17, 15) is 24.0 Å². The highest BCUT2D eigenvalue weighted by Gasteiger charge is 2.46. The number of para-hydroxylation sites is 1. The van der Waals surface area contributed by atoms with Crippen LogP contribution in [-0.2, 0) is 19.1 Å². The SMILES string of the molecule is COC(=O)c1cc(NC(=O)C[C@@H]2C(=O)N[C@H]3CCCC[C@H]3N2C(=O)Nc2ccccc2)cc(C(=O)OC)c1. The van der Waals surface area contributed by atoms with Crippen LogP contribution in [0.15, 0.2) is 48.5 Å². The lowest BCUT2D eigenvalue weighted by Crippen LogP contribution is -2.68. The van der Waals surface area contributed by atoms with E-state index >= 15 is 0 Å². The maximum atomic E-state index is 13.4. The molecule has 2 aromatic carbocycles. The van der Waals surface area contributed by atoms with Crippen LogP contribution < -0.4 is 16.0 Å². The fraction of sp³-hybridized carbons (Fsp3) is 0.370. The van der Waals surface area contributed by atoms with Crippen LogP contribution in [0.5, 0.6) is 0 Å². The number of urea groups is 1. The van der Waals surface area contributed by atoms with E-state index in [1.54, 1.807) is 24.3 Å². The largest absolute Gasteiger partial charge is 0.465 e. The number of anilines is 2. The van der Waals surface area contributed by atoms with E-state index in [0.717, 1.165) is 19.3 Å². The third kappa shape index (κ3) is 5.93. The van der Waals surface area contributed by atoms with Gasteiger partial charge in [0.2, 0.25) is 11.8 Å². The molecule has 2 aromatic rings. The Kier molecular flexibility index (Phi) is 8.25. The Morgan fingerprint density at radius 1 is 0.895 bits per heavy atom. The first kappa shape index (κ1) is 26.6. The second-order valence-corrected chi connectivity index (χ2v) is 9.22. The van der Waals surface area contributed by atoms with Crippen LogP contribution in [0, 0.1) is 0 Å². The molecular weight excluding hydrogens is 492 g/mol. The Balaban J connectivity index is 1.57. The van der Waals surface area contributed by atoms with Crippen molar-refractivity contribution in [1.29, 1.82) is 0 Å². The number of piperazine rings is 1. The number of carbonyl (C=O) groups excluding carboxylic acids is 5. The number of fused-ring (bicyclic) bond motifs is 1. The number of ether oxygens (including phenoxy) is 2. The van der Waals surface area contributed by atoms with Gasteiger partial charge in [-0.05, 0) is 43.2 Å². The molecular formula is C27H30N4O7. The summed E-state index contributed by atoms with van der Waals surface area (Å²) in [6, 6.07) is 11.0. The second kappa shape index (κ2) is 11.8. The van der Waals surface area contributed by atoms with Gasteiger partial charge in [-0.1, -0.05) is 31.0 Å². The number of rotatable bonds is 6. The number of nitrogens with one attached hydrogen (secondary N) is 3. The van der Waals surface area contributed by atoms with Gasteiger partial charge in [0.05, 0.1) is 37.8 Å². The van der Waals surface area contributed by atoms with E-state index in [1.807, 2.05) is 6.07 Å². The Hall–Kier alpha value is -4.41.